The van der Waals surface area contributed by atoms with E-state index < -0.39 is 0 Å². The highest BCUT2D eigenvalue weighted by Gasteiger charge is 2.37. The Morgan fingerprint density at radius 1 is 1.10 bits per heavy atom. The fourth-order valence-electron chi connectivity index (χ4n) is 6.42. The summed E-state index contributed by atoms with van der Waals surface area (Å²) in [4.78, 5) is 13.0. The lowest BCUT2D eigenvalue weighted by atomic mass is 9.78. The van der Waals surface area contributed by atoms with Gasteiger partial charge in [0.15, 0.2) is 0 Å². The highest BCUT2D eigenvalue weighted by Crippen LogP contribution is 2.49. The first-order chi connectivity index (χ1) is 19.5. The Kier molecular flexibility index (Phi) is 7.44. The summed E-state index contributed by atoms with van der Waals surface area (Å²) in [5.41, 5.74) is 8.33. The minimum atomic E-state index is -0.249. The summed E-state index contributed by atoms with van der Waals surface area (Å²) in [5, 5.41) is 11.6. The van der Waals surface area contributed by atoms with E-state index >= 15 is 0 Å². The van der Waals surface area contributed by atoms with Crippen LogP contribution in [-0.4, -0.2) is 15.8 Å². The van der Waals surface area contributed by atoms with Crippen LogP contribution in [0.3, 0.4) is 0 Å². The lowest BCUT2D eigenvalue weighted by Crippen LogP contribution is -2.38. The largest absolute Gasteiger partial charge is 0.334 e. The highest BCUT2D eigenvalue weighted by atomic mass is 35.5. The molecule has 2 aliphatic carbocycles. The number of fused-ring (bicyclic) bond motifs is 1. The maximum Gasteiger partial charge on any atom is 0.315 e. The molecule has 0 bridgehead atoms. The van der Waals surface area contributed by atoms with Crippen molar-refractivity contribution in [2.24, 2.45) is 5.92 Å². The standard InChI is InChI=1S/C33H32ClFN4O/c1-21-29-20-37-39(28-14-12-27(35)13-15-28)31(29)18-25-11-10-24(32(21)25)17-30(23-7-3-2-4-8-23)38-33(40)36-19-22-6-5-9-26(34)16-22/h2-9,12-16,20-21,24,30H,10-11,17-19H2,1H3,(H2,36,38,40)/t21-,24+,30?/m0/s1. The number of halogens is 2. The molecule has 1 unspecified atom stereocenters. The van der Waals surface area contributed by atoms with Crippen molar-refractivity contribution in [3.8, 4) is 5.69 Å². The summed E-state index contributed by atoms with van der Waals surface area (Å²) >= 11 is 6.11. The lowest BCUT2D eigenvalue weighted by Gasteiger charge is -2.30. The lowest BCUT2D eigenvalue weighted by molar-refractivity contribution is 0.234. The van der Waals surface area contributed by atoms with Crippen molar-refractivity contribution < 1.29 is 9.18 Å². The van der Waals surface area contributed by atoms with Crippen LogP contribution >= 0.6 is 11.6 Å². The molecular weight excluding hydrogens is 523 g/mol. The predicted molar refractivity (Wildman–Crippen MR) is 156 cm³/mol. The van der Waals surface area contributed by atoms with Crippen LogP contribution in [0.15, 0.2) is 96.2 Å². The minimum absolute atomic E-state index is 0.118. The van der Waals surface area contributed by atoms with Gasteiger partial charge < -0.3 is 10.6 Å². The van der Waals surface area contributed by atoms with Gasteiger partial charge in [0.1, 0.15) is 5.82 Å². The van der Waals surface area contributed by atoms with E-state index in [-0.39, 0.29) is 23.8 Å². The van der Waals surface area contributed by atoms with E-state index in [2.05, 4.69) is 29.7 Å². The van der Waals surface area contributed by atoms with E-state index in [1.807, 2.05) is 53.3 Å². The predicted octanol–water partition coefficient (Wildman–Crippen LogP) is 7.66. The summed E-state index contributed by atoms with van der Waals surface area (Å²) in [7, 11) is 0. The van der Waals surface area contributed by atoms with Crippen molar-refractivity contribution in [3.63, 3.8) is 0 Å². The van der Waals surface area contributed by atoms with Gasteiger partial charge in [-0.1, -0.05) is 72.1 Å². The molecule has 40 heavy (non-hydrogen) atoms. The van der Waals surface area contributed by atoms with Crippen molar-refractivity contribution in [1.29, 1.82) is 0 Å². The Hall–Kier alpha value is -3.90. The molecule has 7 heteroatoms. The molecule has 5 nitrogen and oxygen atoms in total. The van der Waals surface area contributed by atoms with Gasteiger partial charge in [-0.15, -0.1) is 0 Å². The van der Waals surface area contributed by atoms with Gasteiger partial charge in [0.05, 0.1) is 23.6 Å². The number of carbonyl (C=O) groups excluding carboxylic acids is 1. The van der Waals surface area contributed by atoms with Crippen LogP contribution in [0.5, 0.6) is 0 Å². The van der Waals surface area contributed by atoms with E-state index in [1.165, 1.54) is 34.5 Å². The van der Waals surface area contributed by atoms with Crippen LogP contribution in [0.4, 0.5) is 9.18 Å². The first-order valence-electron chi connectivity index (χ1n) is 13.8. The van der Waals surface area contributed by atoms with Gasteiger partial charge in [0, 0.05) is 29.5 Å². The first kappa shape index (κ1) is 26.3. The van der Waals surface area contributed by atoms with Crippen molar-refractivity contribution in [2.45, 2.75) is 51.1 Å². The molecule has 0 spiro atoms. The molecule has 3 atom stereocenters. The number of hydrogen-bond donors (Lipinski definition) is 2. The van der Waals surface area contributed by atoms with Crippen LogP contribution < -0.4 is 10.6 Å². The van der Waals surface area contributed by atoms with Gasteiger partial charge >= 0.3 is 6.03 Å². The normalized spacial score (nSPS) is 18.7. The van der Waals surface area contributed by atoms with E-state index in [9.17, 15) is 9.18 Å². The summed E-state index contributed by atoms with van der Waals surface area (Å²) in [6, 6.07) is 23.9. The van der Waals surface area contributed by atoms with Gasteiger partial charge in [0.25, 0.3) is 0 Å². The van der Waals surface area contributed by atoms with E-state index in [1.54, 1.807) is 12.1 Å². The molecular formula is C33H32ClFN4O. The smallest absolute Gasteiger partial charge is 0.315 e. The molecule has 0 fully saturated rings. The Bertz CT molecular complexity index is 1550. The molecule has 0 saturated carbocycles. The average Bonchev–Trinajstić information content (AvgIpc) is 3.57. The molecule has 3 aromatic carbocycles. The number of nitrogens with zero attached hydrogens (tertiary/aromatic N) is 2. The van der Waals surface area contributed by atoms with Crippen LogP contribution in [-0.2, 0) is 13.0 Å². The number of allylic oxidation sites excluding steroid dienone is 2. The first-order valence-corrected chi connectivity index (χ1v) is 14.2. The van der Waals surface area contributed by atoms with E-state index in [0.29, 0.717) is 17.5 Å². The number of carbonyl (C=O) groups is 1. The molecule has 2 N–H and O–H groups in total. The second-order valence-electron chi connectivity index (χ2n) is 10.8. The zero-order chi connectivity index (χ0) is 27.6. The Balaban J connectivity index is 1.20. The monoisotopic (exact) mass is 554 g/mol. The molecule has 6 rings (SSSR count). The minimum Gasteiger partial charge on any atom is -0.334 e. The van der Waals surface area contributed by atoms with Gasteiger partial charge in [0.2, 0.25) is 0 Å². The summed E-state index contributed by atoms with van der Waals surface area (Å²) in [6.45, 7) is 2.68. The van der Waals surface area contributed by atoms with Crippen molar-refractivity contribution >= 4 is 17.6 Å². The number of benzene rings is 3. The molecule has 1 heterocycles. The zero-order valence-corrected chi connectivity index (χ0v) is 23.2. The second-order valence-corrected chi connectivity index (χ2v) is 11.2. The summed E-state index contributed by atoms with van der Waals surface area (Å²) in [6.07, 6.45) is 5.77. The van der Waals surface area contributed by atoms with Gasteiger partial charge in [-0.2, -0.15) is 5.10 Å². The van der Waals surface area contributed by atoms with E-state index in [0.717, 1.165) is 42.5 Å². The maximum absolute atomic E-state index is 13.5. The summed E-state index contributed by atoms with van der Waals surface area (Å²) in [5.74, 6) is 0.362. The molecule has 2 amide bonds. The van der Waals surface area contributed by atoms with Gasteiger partial charge in [-0.05, 0) is 72.7 Å². The Labute approximate surface area is 239 Å². The maximum atomic E-state index is 13.5. The molecule has 4 aromatic rings. The quantitative estimate of drug-likeness (QED) is 0.230. The Morgan fingerprint density at radius 3 is 2.67 bits per heavy atom. The van der Waals surface area contributed by atoms with Gasteiger partial charge in [-0.3, -0.25) is 0 Å². The fraction of sp³-hybridized carbons (Fsp3) is 0.273. The number of nitrogens with one attached hydrogen (secondary N) is 2. The third-order valence-corrected chi connectivity index (χ3v) is 8.53. The van der Waals surface area contributed by atoms with Crippen LogP contribution in [0.2, 0.25) is 5.02 Å². The topological polar surface area (TPSA) is 59.0 Å². The molecule has 1 aromatic heterocycles. The Morgan fingerprint density at radius 2 is 1.90 bits per heavy atom. The summed E-state index contributed by atoms with van der Waals surface area (Å²) < 4.78 is 15.5. The number of urea groups is 1. The molecule has 2 aliphatic rings. The molecule has 0 radical (unpaired) electrons. The van der Waals surface area contributed by atoms with Crippen molar-refractivity contribution in [3.05, 3.63) is 129 Å². The van der Waals surface area contributed by atoms with Crippen LogP contribution in [0.1, 0.15) is 60.5 Å². The second kappa shape index (κ2) is 11.3. The number of amides is 2. The fourth-order valence-corrected chi connectivity index (χ4v) is 6.63. The molecule has 204 valence electrons. The zero-order valence-electron chi connectivity index (χ0n) is 22.4. The van der Waals surface area contributed by atoms with Crippen LogP contribution in [0, 0.1) is 11.7 Å². The molecule has 0 saturated heterocycles. The number of hydrogen-bond acceptors (Lipinski definition) is 2. The van der Waals surface area contributed by atoms with Crippen molar-refractivity contribution in [2.75, 3.05) is 0 Å². The highest BCUT2D eigenvalue weighted by molar-refractivity contribution is 6.30. The third-order valence-electron chi connectivity index (χ3n) is 8.30. The van der Waals surface area contributed by atoms with Gasteiger partial charge in [-0.25, -0.2) is 13.9 Å². The number of aromatic nitrogens is 2. The SMILES string of the molecule is C[C@@H]1C2=C(CC[C@@H]2CC(NC(=O)NCc2cccc(Cl)c2)c2ccccc2)Cc2c1cnn2-c1ccc(F)cc1. The van der Waals surface area contributed by atoms with Crippen molar-refractivity contribution in [1.82, 2.24) is 20.4 Å². The van der Waals surface area contributed by atoms with Crippen LogP contribution in [0.25, 0.3) is 5.69 Å². The number of rotatable bonds is 7. The molecule has 0 aliphatic heterocycles. The average molecular weight is 555 g/mol. The van der Waals surface area contributed by atoms with E-state index in [4.69, 9.17) is 16.7 Å². The third kappa shape index (κ3) is 5.41.